The normalized spacial score (nSPS) is 11.2. The van der Waals surface area contributed by atoms with Crippen LogP contribution in [0.3, 0.4) is 0 Å². The fourth-order valence-corrected chi connectivity index (χ4v) is 2.61. The molecule has 0 saturated carbocycles. The molecule has 2 aromatic rings. The third kappa shape index (κ3) is 3.98. The van der Waals surface area contributed by atoms with Crippen molar-refractivity contribution in [1.82, 2.24) is 0 Å². The highest BCUT2D eigenvalue weighted by Gasteiger charge is 2.32. The number of thiophene rings is 1. The Bertz CT molecular complexity index is 634. The van der Waals surface area contributed by atoms with Crippen molar-refractivity contribution in [1.29, 1.82) is 0 Å². The SMILES string of the molecule is CCOC(=O)c1ccc(-c2ccccc2OC(F)(F)F)s1. The fraction of sp³-hybridized carbons (Fsp3) is 0.214. The Labute approximate surface area is 122 Å². The van der Waals surface area contributed by atoms with Crippen molar-refractivity contribution >= 4 is 17.3 Å². The molecule has 0 spiro atoms. The average Bonchev–Trinajstić information content (AvgIpc) is 2.87. The number of carbonyl (C=O) groups is 1. The van der Waals surface area contributed by atoms with Crippen molar-refractivity contribution < 1.29 is 27.4 Å². The van der Waals surface area contributed by atoms with Crippen LogP contribution in [0.15, 0.2) is 36.4 Å². The maximum absolute atomic E-state index is 12.4. The molecule has 0 bridgehead atoms. The number of halogens is 3. The molecule has 0 saturated heterocycles. The Morgan fingerprint density at radius 3 is 2.57 bits per heavy atom. The zero-order valence-corrected chi connectivity index (χ0v) is 11.8. The van der Waals surface area contributed by atoms with Gasteiger partial charge in [0.1, 0.15) is 10.6 Å². The number of benzene rings is 1. The molecule has 1 aromatic carbocycles. The van der Waals surface area contributed by atoms with Crippen LogP contribution in [0, 0.1) is 0 Å². The predicted octanol–water partition coefficient (Wildman–Crippen LogP) is 4.49. The first-order chi connectivity index (χ1) is 9.90. The second-order valence-electron chi connectivity index (χ2n) is 3.93. The predicted molar refractivity (Wildman–Crippen MR) is 72.4 cm³/mol. The van der Waals surface area contributed by atoms with E-state index in [2.05, 4.69) is 4.74 Å². The molecule has 0 radical (unpaired) electrons. The Balaban J connectivity index is 2.32. The summed E-state index contributed by atoms with van der Waals surface area (Å²) in [6.45, 7) is 1.92. The van der Waals surface area contributed by atoms with Crippen LogP contribution in [0.1, 0.15) is 16.6 Å². The molecule has 0 fully saturated rings. The lowest BCUT2D eigenvalue weighted by Gasteiger charge is -2.12. The summed E-state index contributed by atoms with van der Waals surface area (Å²) >= 11 is 1.05. The minimum Gasteiger partial charge on any atom is -0.462 e. The highest BCUT2D eigenvalue weighted by atomic mass is 32.1. The van der Waals surface area contributed by atoms with Gasteiger partial charge >= 0.3 is 12.3 Å². The van der Waals surface area contributed by atoms with Gasteiger partial charge in [-0.2, -0.15) is 0 Å². The molecule has 0 unspecified atom stereocenters. The molecule has 3 nitrogen and oxygen atoms in total. The number of para-hydroxylation sites is 1. The van der Waals surface area contributed by atoms with Gasteiger partial charge in [0, 0.05) is 10.4 Å². The first-order valence-corrected chi connectivity index (χ1v) is 6.84. The minimum atomic E-state index is -4.77. The lowest BCUT2D eigenvalue weighted by Crippen LogP contribution is -2.17. The van der Waals surface area contributed by atoms with Gasteiger partial charge in [-0.15, -0.1) is 24.5 Å². The second-order valence-corrected chi connectivity index (χ2v) is 5.01. The van der Waals surface area contributed by atoms with E-state index in [1.807, 2.05) is 0 Å². The number of carbonyl (C=O) groups excluding carboxylic acids is 1. The second kappa shape index (κ2) is 6.17. The van der Waals surface area contributed by atoms with Gasteiger partial charge < -0.3 is 9.47 Å². The smallest absolute Gasteiger partial charge is 0.462 e. The summed E-state index contributed by atoms with van der Waals surface area (Å²) < 4.78 is 46.0. The van der Waals surface area contributed by atoms with Crippen molar-refractivity contribution in [2.45, 2.75) is 13.3 Å². The number of alkyl halides is 3. The van der Waals surface area contributed by atoms with E-state index in [1.165, 1.54) is 24.3 Å². The van der Waals surface area contributed by atoms with Crippen molar-refractivity contribution in [3.63, 3.8) is 0 Å². The molecule has 1 aromatic heterocycles. The molecule has 7 heteroatoms. The van der Waals surface area contributed by atoms with E-state index in [9.17, 15) is 18.0 Å². The first kappa shape index (κ1) is 15.4. The van der Waals surface area contributed by atoms with E-state index in [0.717, 1.165) is 11.3 Å². The zero-order valence-electron chi connectivity index (χ0n) is 10.9. The molecule has 21 heavy (non-hydrogen) atoms. The Morgan fingerprint density at radius 1 is 1.19 bits per heavy atom. The van der Waals surface area contributed by atoms with Crippen molar-refractivity contribution in [2.75, 3.05) is 6.61 Å². The standard InChI is InChI=1S/C14H11F3O3S/c1-2-19-13(18)12-8-7-11(21-12)9-5-3-4-6-10(9)20-14(15,16)17/h3-8H,2H2,1H3. The molecular weight excluding hydrogens is 305 g/mol. The van der Waals surface area contributed by atoms with Gasteiger partial charge in [-0.3, -0.25) is 0 Å². The summed E-state index contributed by atoms with van der Waals surface area (Å²) in [5.74, 6) is -0.801. The Kier molecular flexibility index (Phi) is 4.52. The van der Waals surface area contributed by atoms with Crippen molar-refractivity contribution in [2.24, 2.45) is 0 Å². The summed E-state index contributed by atoms with van der Waals surface area (Å²) in [7, 11) is 0. The maximum Gasteiger partial charge on any atom is 0.573 e. The van der Waals surface area contributed by atoms with Gasteiger partial charge in [0.2, 0.25) is 0 Å². The molecule has 0 atom stereocenters. The van der Waals surface area contributed by atoms with Crippen molar-refractivity contribution in [3.8, 4) is 16.2 Å². The van der Waals surface area contributed by atoms with Gasteiger partial charge in [0.05, 0.1) is 6.61 Å². The molecule has 112 valence electrons. The van der Waals surface area contributed by atoms with E-state index in [4.69, 9.17) is 4.74 Å². The lowest BCUT2D eigenvalue weighted by molar-refractivity contribution is -0.274. The van der Waals surface area contributed by atoms with Gasteiger partial charge in [0.15, 0.2) is 0 Å². The zero-order chi connectivity index (χ0) is 15.5. The summed E-state index contributed by atoms with van der Waals surface area (Å²) in [6.07, 6.45) is -4.77. The van der Waals surface area contributed by atoms with Gasteiger partial charge in [0.25, 0.3) is 0 Å². The van der Waals surface area contributed by atoms with Gasteiger partial charge in [-0.1, -0.05) is 12.1 Å². The van der Waals surface area contributed by atoms with Crippen LogP contribution in [-0.2, 0) is 4.74 Å². The summed E-state index contributed by atoms with van der Waals surface area (Å²) in [4.78, 5) is 12.4. The number of ether oxygens (including phenoxy) is 2. The molecule has 0 aliphatic heterocycles. The van der Waals surface area contributed by atoms with E-state index in [1.54, 1.807) is 19.1 Å². The Morgan fingerprint density at radius 2 is 1.90 bits per heavy atom. The maximum atomic E-state index is 12.4. The van der Waals surface area contributed by atoms with Crippen LogP contribution >= 0.6 is 11.3 Å². The van der Waals surface area contributed by atoms with E-state index >= 15 is 0 Å². The monoisotopic (exact) mass is 316 g/mol. The molecule has 0 N–H and O–H groups in total. The van der Waals surface area contributed by atoms with Crippen LogP contribution in [-0.4, -0.2) is 18.9 Å². The van der Waals surface area contributed by atoms with Gasteiger partial charge in [-0.05, 0) is 31.2 Å². The highest BCUT2D eigenvalue weighted by molar-refractivity contribution is 7.17. The first-order valence-electron chi connectivity index (χ1n) is 6.03. The minimum absolute atomic E-state index is 0.236. The van der Waals surface area contributed by atoms with E-state index < -0.39 is 12.3 Å². The Hall–Kier alpha value is -2.02. The van der Waals surface area contributed by atoms with Crippen LogP contribution in [0.25, 0.3) is 10.4 Å². The largest absolute Gasteiger partial charge is 0.573 e. The quantitative estimate of drug-likeness (QED) is 0.780. The third-order valence-electron chi connectivity index (χ3n) is 2.46. The molecule has 2 rings (SSSR count). The van der Waals surface area contributed by atoms with Crippen LogP contribution < -0.4 is 4.74 Å². The summed E-state index contributed by atoms with van der Waals surface area (Å²) in [5.41, 5.74) is 0.273. The average molecular weight is 316 g/mol. The van der Waals surface area contributed by atoms with E-state index in [0.29, 0.717) is 9.75 Å². The molecule has 1 heterocycles. The van der Waals surface area contributed by atoms with Crippen LogP contribution in [0.2, 0.25) is 0 Å². The van der Waals surface area contributed by atoms with Crippen molar-refractivity contribution in [3.05, 3.63) is 41.3 Å². The fourth-order valence-electron chi connectivity index (χ4n) is 1.68. The molecule has 0 aliphatic rings. The third-order valence-corrected chi connectivity index (χ3v) is 3.56. The van der Waals surface area contributed by atoms with E-state index in [-0.39, 0.29) is 17.9 Å². The highest BCUT2D eigenvalue weighted by Crippen LogP contribution is 2.37. The topological polar surface area (TPSA) is 35.5 Å². The summed E-state index contributed by atoms with van der Waals surface area (Å²) in [5, 5.41) is 0. The number of rotatable bonds is 4. The van der Waals surface area contributed by atoms with Crippen LogP contribution in [0.5, 0.6) is 5.75 Å². The number of esters is 1. The molecule has 0 aliphatic carbocycles. The number of hydrogen-bond acceptors (Lipinski definition) is 4. The van der Waals surface area contributed by atoms with Crippen LogP contribution in [0.4, 0.5) is 13.2 Å². The summed E-state index contributed by atoms with van der Waals surface area (Å²) in [6, 6.07) is 8.86. The lowest BCUT2D eigenvalue weighted by atomic mass is 10.1. The van der Waals surface area contributed by atoms with Gasteiger partial charge in [-0.25, -0.2) is 4.79 Å². The number of hydrogen-bond donors (Lipinski definition) is 0. The molecular formula is C14H11F3O3S. The molecule has 0 amide bonds.